The van der Waals surface area contributed by atoms with Crippen LogP contribution >= 0.6 is 23.1 Å². The van der Waals surface area contributed by atoms with Crippen molar-refractivity contribution in [2.45, 2.75) is 13.0 Å². The first-order chi connectivity index (χ1) is 7.65. The van der Waals surface area contributed by atoms with Gasteiger partial charge in [0.1, 0.15) is 11.9 Å². The van der Waals surface area contributed by atoms with E-state index in [1.54, 1.807) is 12.1 Å². The third kappa shape index (κ3) is 2.62. The van der Waals surface area contributed by atoms with Crippen molar-refractivity contribution in [3.63, 3.8) is 0 Å². The molecular weight excluding hydrogens is 246 g/mol. The molecule has 6 heteroatoms. The Balaban J connectivity index is 2.10. The van der Waals surface area contributed by atoms with Gasteiger partial charge in [0.05, 0.1) is 0 Å². The van der Waals surface area contributed by atoms with E-state index in [1.165, 1.54) is 11.5 Å². The fourth-order valence-electron chi connectivity index (χ4n) is 1.21. The summed E-state index contributed by atoms with van der Waals surface area (Å²) >= 11 is 7.09. The Bertz CT molecular complexity index is 488. The largest absolute Gasteiger partial charge is 0.483 e. The van der Waals surface area contributed by atoms with Crippen molar-refractivity contribution in [1.82, 2.24) is 9.36 Å². The van der Waals surface area contributed by atoms with E-state index in [1.807, 2.05) is 19.1 Å². The second-order valence-electron chi connectivity index (χ2n) is 3.21. The number of rotatable bonds is 3. The molecule has 0 aliphatic carbocycles. The fourth-order valence-corrected chi connectivity index (χ4v) is 1.95. The second kappa shape index (κ2) is 4.67. The van der Waals surface area contributed by atoms with Gasteiger partial charge in [-0.1, -0.05) is 17.7 Å². The van der Waals surface area contributed by atoms with Gasteiger partial charge in [-0.3, -0.25) is 0 Å². The van der Waals surface area contributed by atoms with Crippen molar-refractivity contribution in [1.29, 1.82) is 0 Å². The SMILES string of the molecule is CC(Oc1cccc(Cl)c1)c1nc(N)ns1. The molecule has 2 rings (SSSR count). The number of aromatic nitrogens is 2. The van der Waals surface area contributed by atoms with Crippen LogP contribution in [0.4, 0.5) is 5.95 Å². The zero-order valence-corrected chi connectivity index (χ0v) is 10.1. The van der Waals surface area contributed by atoms with Gasteiger partial charge < -0.3 is 10.5 Å². The molecule has 0 amide bonds. The van der Waals surface area contributed by atoms with E-state index in [4.69, 9.17) is 22.1 Å². The maximum atomic E-state index is 5.85. The molecule has 2 N–H and O–H groups in total. The minimum Gasteiger partial charge on any atom is -0.483 e. The lowest BCUT2D eigenvalue weighted by Crippen LogP contribution is -2.02. The van der Waals surface area contributed by atoms with Crippen LogP contribution in [0, 0.1) is 0 Å². The summed E-state index contributed by atoms with van der Waals surface area (Å²) in [6.07, 6.45) is -0.187. The Morgan fingerprint density at radius 2 is 2.31 bits per heavy atom. The van der Waals surface area contributed by atoms with Crippen LogP contribution in [0.5, 0.6) is 5.75 Å². The van der Waals surface area contributed by atoms with Gasteiger partial charge in [0.15, 0.2) is 5.01 Å². The summed E-state index contributed by atoms with van der Waals surface area (Å²) < 4.78 is 9.56. The second-order valence-corrected chi connectivity index (χ2v) is 4.43. The zero-order valence-electron chi connectivity index (χ0n) is 8.55. The molecule has 0 radical (unpaired) electrons. The summed E-state index contributed by atoms with van der Waals surface area (Å²) in [5.74, 6) is 0.982. The van der Waals surface area contributed by atoms with Crippen LogP contribution in [0.15, 0.2) is 24.3 Å². The van der Waals surface area contributed by atoms with Gasteiger partial charge in [-0.2, -0.15) is 4.37 Å². The molecule has 1 atom stereocenters. The number of anilines is 1. The summed E-state index contributed by atoms with van der Waals surface area (Å²) in [7, 11) is 0. The van der Waals surface area contributed by atoms with Crippen LogP contribution in [0.2, 0.25) is 5.02 Å². The topological polar surface area (TPSA) is 61.0 Å². The third-order valence-electron chi connectivity index (χ3n) is 1.91. The number of nitrogens with two attached hydrogens (primary N) is 1. The van der Waals surface area contributed by atoms with Crippen LogP contribution in [0.25, 0.3) is 0 Å². The maximum Gasteiger partial charge on any atom is 0.232 e. The highest BCUT2D eigenvalue weighted by molar-refractivity contribution is 7.05. The number of nitrogen functional groups attached to an aromatic ring is 1. The molecule has 1 unspecified atom stereocenters. The highest BCUT2D eigenvalue weighted by atomic mass is 35.5. The van der Waals surface area contributed by atoms with Crippen LogP contribution in [-0.4, -0.2) is 9.36 Å². The van der Waals surface area contributed by atoms with E-state index in [0.717, 1.165) is 5.01 Å². The van der Waals surface area contributed by atoms with E-state index >= 15 is 0 Å². The Morgan fingerprint density at radius 3 is 2.94 bits per heavy atom. The molecule has 0 saturated carbocycles. The molecule has 0 bridgehead atoms. The quantitative estimate of drug-likeness (QED) is 0.916. The first kappa shape index (κ1) is 11.2. The average Bonchev–Trinajstić information content (AvgIpc) is 2.65. The van der Waals surface area contributed by atoms with Gasteiger partial charge in [0, 0.05) is 5.02 Å². The van der Waals surface area contributed by atoms with Crippen LogP contribution in [0.1, 0.15) is 18.0 Å². The highest BCUT2D eigenvalue weighted by Crippen LogP contribution is 2.25. The zero-order chi connectivity index (χ0) is 11.5. The van der Waals surface area contributed by atoms with Crippen molar-refractivity contribution in [2.24, 2.45) is 0 Å². The smallest absolute Gasteiger partial charge is 0.232 e. The first-order valence-corrected chi connectivity index (χ1v) is 5.81. The van der Waals surface area contributed by atoms with Gasteiger partial charge in [0.25, 0.3) is 0 Å². The molecule has 0 saturated heterocycles. The molecule has 1 heterocycles. The molecular formula is C10H10ClN3OS. The molecule has 16 heavy (non-hydrogen) atoms. The Morgan fingerprint density at radius 1 is 1.50 bits per heavy atom. The lowest BCUT2D eigenvalue weighted by molar-refractivity contribution is 0.226. The third-order valence-corrected chi connectivity index (χ3v) is 3.04. The van der Waals surface area contributed by atoms with Crippen molar-refractivity contribution >= 4 is 29.1 Å². The molecule has 1 aromatic heterocycles. The lowest BCUT2D eigenvalue weighted by atomic mass is 10.3. The number of hydrogen-bond acceptors (Lipinski definition) is 5. The Labute approximate surface area is 102 Å². The van der Waals surface area contributed by atoms with Crippen LogP contribution < -0.4 is 10.5 Å². The van der Waals surface area contributed by atoms with Gasteiger partial charge in [0.2, 0.25) is 5.95 Å². The maximum absolute atomic E-state index is 5.85. The van der Waals surface area contributed by atoms with Crippen molar-refractivity contribution in [2.75, 3.05) is 5.73 Å². The molecule has 84 valence electrons. The Kier molecular flexibility index (Phi) is 3.26. The van der Waals surface area contributed by atoms with Crippen LogP contribution in [-0.2, 0) is 0 Å². The van der Waals surface area contributed by atoms with E-state index in [2.05, 4.69) is 9.36 Å². The molecule has 4 nitrogen and oxygen atoms in total. The van der Waals surface area contributed by atoms with E-state index in [0.29, 0.717) is 10.8 Å². The number of ether oxygens (including phenoxy) is 1. The van der Waals surface area contributed by atoms with Crippen LogP contribution in [0.3, 0.4) is 0 Å². The lowest BCUT2D eigenvalue weighted by Gasteiger charge is -2.11. The van der Waals surface area contributed by atoms with Gasteiger partial charge >= 0.3 is 0 Å². The molecule has 0 fully saturated rings. The summed E-state index contributed by atoms with van der Waals surface area (Å²) in [5.41, 5.74) is 5.45. The molecule has 0 aliphatic heterocycles. The molecule has 0 aliphatic rings. The van der Waals surface area contributed by atoms with Crippen molar-refractivity contribution in [3.8, 4) is 5.75 Å². The predicted molar refractivity (Wildman–Crippen MR) is 64.8 cm³/mol. The monoisotopic (exact) mass is 255 g/mol. The van der Waals surface area contributed by atoms with Crippen molar-refractivity contribution < 1.29 is 4.74 Å². The normalized spacial score (nSPS) is 12.4. The molecule has 0 spiro atoms. The molecule has 1 aromatic carbocycles. The average molecular weight is 256 g/mol. The summed E-state index contributed by atoms with van der Waals surface area (Å²) in [6, 6.07) is 7.22. The fraction of sp³-hybridized carbons (Fsp3) is 0.200. The van der Waals surface area contributed by atoms with Gasteiger partial charge in [-0.05, 0) is 36.7 Å². The van der Waals surface area contributed by atoms with E-state index in [-0.39, 0.29) is 12.1 Å². The number of halogens is 1. The highest BCUT2D eigenvalue weighted by Gasteiger charge is 2.12. The molecule has 2 aromatic rings. The van der Waals surface area contributed by atoms with Gasteiger partial charge in [-0.15, -0.1) is 0 Å². The standard InChI is InChI=1S/C10H10ClN3OS/c1-6(9-13-10(12)14-16-9)15-8-4-2-3-7(11)5-8/h2-6H,1H3,(H2,12,14). The number of hydrogen-bond donors (Lipinski definition) is 1. The predicted octanol–water partition coefficient (Wildman–Crippen LogP) is 2.91. The summed E-state index contributed by atoms with van der Waals surface area (Å²) in [4.78, 5) is 4.06. The number of nitrogens with zero attached hydrogens (tertiary/aromatic N) is 2. The first-order valence-electron chi connectivity index (χ1n) is 4.66. The van der Waals surface area contributed by atoms with E-state index < -0.39 is 0 Å². The summed E-state index contributed by atoms with van der Waals surface area (Å²) in [6.45, 7) is 1.89. The Hall–Kier alpha value is -1.33. The minimum absolute atomic E-state index is 0.187. The minimum atomic E-state index is -0.187. The van der Waals surface area contributed by atoms with Gasteiger partial charge in [-0.25, -0.2) is 4.98 Å². The van der Waals surface area contributed by atoms with Crippen molar-refractivity contribution in [3.05, 3.63) is 34.3 Å². The number of benzene rings is 1. The van der Waals surface area contributed by atoms with E-state index in [9.17, 15) is 0 Å². The summed E-state index contributed by atoms with van der Waals surface area (Å²) in [5, 5.41) is 1.39.